The number of benzene rings is 2. The molecule has 3 aromatic rings. The third-order valence-electron chi connectivity index (χ3n) is 4.95. The van der Waals surface area contributed by atoms with Crippen molar-refractivity contribution in [1.82, 2.24) is 15.2 Å². The van der Waals surface area contributed by atoms with Crippen molar-refractivity contribution in [3.8, 4) is 0 Å². The molecule has 0 amide bonds. The summed E-state index contributed by atoms with van der Waals surface area (Å²) < 4.78 is 16.4. The summed E-state index contributed by atoms with van der Waals surface area (Å²) in [4.78, 5) is 7.92. The predicted molar refractivity (Wildman–Crippen MR) is 123 cm³/mol. The van der Waals surface area contributed by atoms with Gasteiger partial charge < -0.3 is 15.4 Å². The lowest BCUT2D eigenvalue weighted by molar-refractivity contribution is 0.199. The molecule has 1 unspecified atom stereocenters. The SMILES string of the molecule is CC1CN(Cc2ccc(NSc3ccc(Nc4ccc(F)cc4)nc3)cc2)CCN1. The van der Waals surface area contributed by atoms with Crippen LogP contribution in [0.25, 0.3) is 0 Å². The molecule has 1 aromatic heterocycles. The molecular formula is C23H26FN5S. The summed E-state index contributed by atoms with van der Waals surface area (Å²) in [5.41, 5.74) is 3.20. The van der Waals surface area contributed by atoms with Gasteiger partial charge >= 0.3 is 0 Å². The van der Waals surface area contributed by atoms with Crippen LogP contribution in [0.3, 0.4) is 0 Å². The Morgan fingerprint density at radius 2 is 1.83 bits per heavy atom. The van der Waals surface area contributed by atoms with E-state index in [4.69, 9.17) is 0 Å². The van der Waals surface area contributed by atoms with Crippen LogP contribution in [-0.2, 0) is 6.54 Å². The third kappa shape index (κ3) is 5.95. The van der Waals surface area contributed by atoms with Gasteiger partial charge in [-0.25, -0.2) is 9.37 Å². The summed E-state index contributed by atoms with van der Waals surface area (Å²) >= 11 is 1.52. The largest absolute Gasteiger partial charge is 0.340 e. The fourth-order valence-electron chi connectivity index (χ4n) is 3.41. The fraction of sp³-hybridized carbons (Fsp3) is 0.261. The number of aromatic nitrogens is 1. The van der Waals surface area contributed by atoms with Gasteiger partial charge in [0.25, 0.3) is 0 Å². The average Bonchev–Trinajstić information content (AvgIpc) is 2.76. The number of nitrogens with one attached hydrogen (secondary N) is 3. The van der Waals surface area contributed by atoms with E-state index in [2.05, 4.69) is 56.4 Å². The summed E-state index contributed by atoms with van der Waals surface area (Å²) in [7, 11) is 0. The summed E-state index contributed by atoms with van der Waals surface area (Å²) in [6.45, 7) is 6.47. The summed E-state index contributed by atoms with van der Waals surface area (Å²) in [5, 5.41) is 6.64. The second kappa shape index (κ2) is 9.93. The van der Waals surface area contributed by atoms with Crippen LogP contribution in [0.5, 0.6) is 0 Å². The maximum atomic E-state index is 13.0. The van der Waals surface area contributed by atoms with E-state index in [1.807, 2.05) is 18.3 Å². The van der Waals surface area contributed by atoms with E-state index in [1.54, 1.807) is 12.1 Å². The number of rotatable bonds is 7. The summed E-state index contributed by atoms with van der Waals surface area (Å²) in [5.74, 6) is 0.468. The van der Waals surface area contributed by atoms with E-state index >= 15 is 0 Å². The minimum absolute atomic E-state index is 0.252. The monoisotopic (exact) mass is 423 g/mol. The molecule has 2 heterocycles. The average molecular weight is 424 g/mol. The molecule has 1 saturated heterocycles. The molecule has 0 spiro atoms. The predicted octanol–water partition coefficient (Wildman–Crippen LogP) is 4.88. The van der Waals surface area contributed by atoms with Crippen LogP contribution in [0.15, 0.2) is 71.8 Å². The molecule has 1 aliphatic rings. The van der Waals surface area contributed by atoms with Gasteiger partial charge in [-0.15, -0.1) is 0 Å². The normalized spacial score (nSPS) is 16.9. The molecular weight excluding hydrogens is 397 g/mol. The Kier molecular flexibility index (Phi) is 6.84. The Morgan fingerprint density at radius 3 is 2.53 bits per heavy atom. The van der Waals surface area contributed by atoms with Gasteiger partial charge in [-0.05, 0) is 73.0 Å². The molecule has 30 heavy (non-hydrogen) atoms. The van der Waals surface area contributed by atoms with Crippen LogP contribution < -0.4 is 15.4 Å². The van der Waals surface area contributed by atoms with Gasteiger partial charge in [-0.3, -0.25) is 4.90 Å². The molecule has 1 atom stereocenters. The minimum Gasteiger partial charge on any atom is -0.340 e. The van der Waals surface area contributed by atoms with Gasteiger partial charge in [0.05, 0.1) is 0 Å². The molecule has 7 heteroatoms. The van der Waals surface area contributed by atoms with Crippen LogP contribution in [-0.4, -0.2) is 35.6 Å². The minimum atomic E-state index is -0.252. The molecule has 156 valence electrons. The number of halogens is 1. The van der Waals surface area contributed by atoms with Gasteiger partial charge in [0.2, 0.25) is 0 Å². The van der Waals surface area contributed by atoms with E-state index in [1.165, 1.54) is 29.6 Å². The van der Waals surface area contributed by atoms with Crippen LogP contribution >= 0.6 is 11.9 Å². The lowest BCUT2D eigenvalue weighted by atomic mass is 10.1. The Bertz CT molecular complexity index is 931. The fourth-order valence-corrected chi connectivity index (χ4v) is 4.02. The first-order valence-corrected chi connectivity index (χ1v) is 10.9. The Balaban J connectivity index is 1.26. The van der Waals surface area contributed by atoms with Gasteiger partial charge in [-0.1, -0.05) is 12.1 Å². The smallest absolute Gasteiger partial charge is 0.130 e. The van der Waals surface area contributed by atoms with E-state index in [9.17, 15) is 4.39 Å². The second-order valence-electron chi connectivity index (χ2n) is 7.50. The van der Waals surface area contributed by atoms with Crippen molar-refractivity contribution >= 4 is 29.1 Å². The highest BCUT2D eigenvalue weighted by molar-refractivity contribution is 8.00. The van der Waals surface area contributed by atoms with E-state index in [-0.39, 0.29) is 5.82 Å². The van der Waals surface area contributed by atoms with E-state index < -0.39 is 0 Å². The van der Waals surface area contributed by atoms with E-state index in [0.29, 0.717) is 6.04 Å². The number of nitrogens with zero attached hydrogens (tertiary/aromatic N) is 2. The van der Waals surface area contributed by atoms with Gasteiger partial charge in [0, 0.05) is 54.7 Å². The van der Waals surface area contributed by atoms with Crippen molar-refractivity contribution in [2.45, 2.75) is 24.4 Å². The highest BCUT2D eigenvalue weighted by atomic mass is 32.2. The first-order chi connectivity index (χ1) is 14.6. The van der Waals surface area contributed by atoms with Crippen LogP contribution in [0.4, 0.5) is 21.6 Å². The molecule has 1 aliphatic heterocycles. The standard InChI is InChI=1S/C23H26FN5S/c1-17-15-29(13-12-25-17)16-18-2-6-21(7-3-18)28-30-22-10-11-23(26-14-22)27-20-8-4-19(24)5-9-20/h2-11,14,17,25,28H,12-13,15-16H2,1H3,(H,26,27). The number of pyridine rings is 1. The molecule has 2 aromatic carbocycles. The first kappa shape index (κ1) is 20.7. The van der Waals surface area contributed by atoms with Gasteiger partial charge in [0.1, 0.15) is 11.6 Å². The zero-order chi connectivity index (χ0) is 20.8. The Labute approximate surface area is 181 Å². The molecule has 0 saturated carbocycles. The van der Waals surface area contributed by atoms with Crippen molar-refractivity contribution in [3.63, 3.8) is 0 Å². The Morgan fingerprint density at radius 1 is 1.07 bits per heavy atom. The van der Waals surface area contributed by atoms with Crippen molar-refractivity contribution in [1.29, 1.82) is 0 Å². The summed E-state index contributed by atoms with van der Waals surface area (Å²) in [6, 6.07) is 19.3. The first-order valence-electron chi connectivity index (χ1n) is 10.1. The second-order valence-corrected chi connectivity index (χ2v) is 8.38. The molecule has 5 nitrogen and oxygen atoms in total. The van der Waals surface area contributed by atoms with E-state index in [0.717, 1.165) is 48.3 Å². The number of hydrogen-bond donors (Lipinski definition) is 3. The van der Waals surface area contributed by atoms with Crippen molar-refractivity contribution in [2.24, 2.45) is 0 Å². The number of hydrogen-bond acceptors (Lipinski definition) is 6. The molecule has 1 fully saturated rings. The molecule has 0 aliphatic carbocycles. The lowest BCUT2D eigenvalue weighted by Crippen LogP contribution is -2.48. The highest BCUT2D eigenvalue weighted by Gasteiger charge is 2.15. The van der Waals surface area contributed by atoms with Crippen molar-refractivity contribution in [3.05, 3.63) is 78.2 Å². The zero-order valence-corrected chi connectivity index (χ0v) is 17.8. The Hall–Kier alpha value is -2.61. The molecule has 4 rings (SSSR count). The van der Waals surface area contributed by atoms with Gasteiger partial charge in [0.15, 0.2) is 0 Å². The zero-order valence-electron chi connectivity index (χ0n) is 16.9. The quantitative estimate of drug-likeness (QED) is 0.471. The van der Waals surface area contributed by atoms with Crippen molar-refractivity contribution in [2.75, 3.05) is 29.7 Å². The van der Waals surface area contributed by atoms with Crippen LogP contribution in [0.2, 0.25) is 0 Å². The lowest BCUT2D eigenvalue weighted by Gasteiger charge is -2.31. The van der Waals surface area contributed by atoms with Crippen LogP contribution in [0.1, 0.15) is 12.5 Å². The number of anilines is 3. The van der Waals surface area contributed by atoms with Gasteiger partial charge in [-0.2, -0.15) is 0 Å². The van der Waals surface area contributed by atoms with Crippen molar-refractivity contribution < 1.29 is 4.39 Å². The molecule has 0 radical (unpaired) electrons. The highest BCUT2D eigenvalue weighted by Crippen LogP contribution is 2.23. The molecule has 3 N–H and O–H groups in total. The maximum Gasteiger partial charge on any atom is 0.130 e. The van der Waals surface area contributed by atoms with Crippen LogP contribution in [0, 0.1) is 5.82 Å². The molecule has 0 bridgehead atoms. The maximum absolute atomic E-state index is 13.0. The third-order valence-corrected chi connectivity index (χ3v) is 5.77. The number of piperazine rings is 1. The topological polar surface area (TPSA) is 52.2 Å². The summed E-state index contributed by atoms with van der Waals surface area (Å²) in [6.07, 6.45) is 1.81.